The lowest BCUT2D eigenvalue weighted by Gasteiger charge is -2.40. The van der Waals surface area contributed by atoms with Gasteiger partial charge in [-0.3, -0.25) is 4.79 Å². The molecule has 0 amide bonds. The zero-order chi connectivity index (χ0) is 20.0. The molecule has 0 saturated carbocycles. The van der Waals surface area contributed by atoms with Crippen LogP contribution in [0.15, 0.2) is 71.3 Å². The number of hydrogen-bond acceptors (Lipinski definition) is 4. The van der Waals surface area contributed by atoms with Crippen LogP contribution in [0.3, 0.4) is 0 Å². The molecule has 1 unspecified atom stereocenters. The molecule has 1 heterocycles. The van der Waals surface area contributed by atoms with E-state index < -0.39 is 5.79 Å². The van der Waals surface area contributed by atoms with Crippen LogP contribution in [0.1, 0.15) is 28.1 Å². The second-order valence-electron chi connectivity index (χ2n) is 7.58. The lowest BCUT2D eigenvalue weighted by atomic mass is 9.75. The molecule has 4 aromatic rings. The highest BCUT2D eigenvalue weighted by molar-refractivity contribution is 6.09. The first kappa shape index (κ1) is 18.1. The molecule has 29 heavy (non-hydrogen) atoms. The predicted molar refractivity (Wildman–Crippen MR) is 112 cm³/mol. The van der Waals surface area contributed by atoms with E-state index in [9.17, 15) is 4.79 Å². The molecule has 1 aliphatic rings. The maximum Gasteiger partial charge on any atom is 0.201 e. The van der Waals surface area contributed by atoms with Crippen molar-refractivity contribution >= 4 is 27.3 Å². The maximum atomic E-state index is 13.1. The van der Waals surface area contributed by atoms with E-state index in [1.165, 1.54) is 22.4 Å². The molecular weight excluding hydrogens is 364 g/mol. The van der Waals surface area contributed by atoms with E-state index >= 15 is 0 Å². The molecule has 146 valence electrons. The van der Waals surface area contributed by atoms with Gasteiger partial charge in [0.15, 0.2) is 11.5 Å². The minimum atomic E-state index is -0.958. The van der Waals surface area contributed by atoms with E-state index in [-0.39, 0.29) is 11.7 Å². The van der Waals surface area contributed by atoms with Gasteiger partial charge in [-0.15, -0.1) is 0 Å². The minimum absolute atomic E-state index is 0.0167. The molecular formula is C25H22O4. The number of benzene rings is 3. The second kappa shape index (κ2) is 6.83. The van der Waals surface area contributed by atoms with Crippen LogP contribution in [0.25, 0.3) is 21.5 Å². The van der Waals surface area contributed by atoms with Gasteiger partial charge in [0, 0.05) is 32.1 Å². The second-order valence-corrected chi connectivity index (χ2v) is 7.58. The topological polar surface area (TPSA) is 48.7 Å². The summed E-state index contributed by atoms with van der Waals surface area (Å²) >= 11 is 0. The van der Waals surface area contributed by atoms with E-state index in [0.717, 1.165) is 16.5 Å². The first-order valence-corrected chi connectivity index (χ1v) is 9.79. The van der Waals surface area contributed by atoms with Crippen molar-refractivity contribution in [1.82, 2.24) is 0 Å². The number of hydrogen-bond donors (Lipinski definition) is 0. The average molecular weight is 386 g/mol. The lowest BCUT2D eigenvalue weighted by Crippen LogP contribution is -2.41. The fraction of sp³-hybridized carbons (Fsp3) is 0.240. The number of ketones is 1. The van der Waals surface area contributed by atoms with Crippen LogP contribution in [0.5, 0.6) is 0 Å². The Kier molecular flexibility index (Phi) is 4.26. The normalized spacial score (nSPS) is 18.1. The third-order valence-corrected chi connectivity index (χ3v) is 6.21. The van der Waals surface area contributed by atoms with Gasteiger partial charge in [-0.1, -0.05) is 48.5 Å². The van der Waals surface area contributed by atoms with Gasteiger partial charge in [0.25, 0.3) is 0 Å². The number of furan rings is 1. The summed E-state index contributed by atoms with van der Waals surface area (Å²) in [5, 5.41) is 4.71. The Hall–Kier alpha value is -2.95. The molecule has 4 nitrogen and oxygen atoms in total. The van der Waals surface area contributed by atoms with E-state index in [1.54, 1.807) is 26.4 Å². The first-order chi connectivity index (χ1) is 14.2. The average Bonchev–Trinajstić information content (AvgIpc) is 3.32. The fourth-order valence-corrected chi connectivity index (χ4v) is 4.76. The quantitative estimate of drug-likeness (QED) is 0.265. The van der Waals surface area contributed by atoms with Crippen molar-refractivity contribution in [2.24, 2.45) is 5.92 Å². The van der Waals surface area contributed by atoms with Crippen LogP contribution in [0.2, 0.25) is 0 Å². The summed E-state index contributed by atoms with van der Waals surface area (Å²) in [4.78, 5) is 13.1. The van der Waals surface area contributed by atoms with Crippen molar-refractivity contribution in [3.8, 4) is 0 Å². The number of carbonyl (C=O) groups excluding carboxylic acids is 1. The van der Waals surface area contributed by atoms with Crippen molar-refractivity contribution < 1.29 is 18.7 Å². The minimum Gasteiger partial charge on any atom is -0.461 e. The third kappa shape index (κ3) is 2.71. The molecule has 1 atom stereocenters. The van der Waals surface area contributed by atoms with Crippen LogP contribution in [-0.2, 0) is 21.7 Å². The number of methoxy groups -OCH3 is 2. The number of carbonyl (C=O) groups is 1. The Balaban J connectivity index is 1.73. The molecule has 0 saturated heterocycles. The monoisotopic (exact) mass is 386 g/mol. The standard InChI is InChI=1S/C25H22O4/c1-27-25(28-2)15-17(24(26)23-8-5-13-29-23)14-21-20-10-9-16-6-3-4-7-18(16)19(20)11-12-22(21)25/h3-13,17H,14-15H2,1-2H3. The van der Waals surface area contributed by atoms with Crippen molar-refractivity contribution in [3.05, 3.63) is 83.8 Å². The summed E-state index contributed by atoms with van der Waals surface area (Å²) in [6.07, 6.45) is 2.61. The molecule has 1 aliphatic carbocycles. The molecule has 0 fully saturated rings. The summed E-state index contributed by atoms with van der Waals surface area (Å²) < 4.78 is 17.2. The Morgan fingerprint density at radius 2 is 1.72 bits per heavy atom. The number of Topliss-reactive ketones (excluding diaryl/α,β-unsaturated/α-hetero) is 1. The number of rotatable bonds is 4. The van der Waals surface area contributed by atoms with Gasteiger partial charge in [0.05, 0.1) is 6.26 Å². The zero-order valence-electron chi connectivity index (χ0n) is 16.5. The summed E-state index contributed by atoms with van der Waals surface area (Å²) in [5.41, 5.74) is 2.10. The van der Waals surface area contributed by atoms with Crippen LogP contribution in [0, 0.1) is 5.92 Å². The molecule has 0 aliphatic heterocycles. The molecule has 0 radical (unpaired) electrons. The molecule has 0 spiro atoms. The van der Waals surface area contributed by atoms with Crippen LogP contribution in [-0.4, -0.2) is 20.0 Å². The SMILES string of the molecule is COC1(OC)CC(C(=O)c2ccco2)Cc2c1ccc1c2ccc2ccccc21. The molecule has 4 heteroatoms. The molecule has 0 N–H and O–H groups in total. The van der Waals surface area contributed by atoms with Crippen molar-refractivity contribution in [2.45, 2.75) is 18.6 Å². The first-order valence-electron chi connectivity index (χ1n) is 9.79. The molecule has 0 bridgehead atoms. The van der Waals surface area contributed by atoms with E-state index in [2.05, 4.69) is 42.5 Å². The summed E-state index contributed by atoms with van der Waals surface area (Å²) in [6, 6.07) is 20.3. The lowest BCUT2D eigenvalue weighted by molar-refractivity contribution is -0.228. The Labute approximate surface area is 169 Å². The summed E-state index contributed by atoms with van der Waals surface area (Å²) in [5.74, 6) is -0.881. The Morgan fingerprint density at radius 3 is 2.48 bits per heavy atom. The van der Waals surface area contributed by atoms with Crippen molar-refractivity contribution in [2.75, 3.05) is 14.2 Å². The number of ether oxygens (including phenoxy) is 2. The fourth-order valence-electron chi connectivity index (χ4n) is 4.76. The molecule has 5 rings (SSSR count). The van der Waals surface area contributed by atoms with Gasteiger partial charge in [-0.2, -0.15) is 0 Å². The van der Waals surface area contributed by atoms with Gasteiger partial charge >= 0.3 is 0 Å². The van der Waals surface area contributed by atoms with Crippen LogP contribution < -0.4 is 0 Å². The summed E-state index contributed by atoms with van der Waals surface area (Å²) in [6.45, 7) is 0. The Morgan fingerprint density at radius 1 is 0.931 bits per heavy atom. The Bertz CT molecular complexity index is 1200. The highest BCUT2D eigenvalue weighted by Gasteiger charge is 2.44. The van der Waals surface area contributed by atoms with Gasteiger partial charge < -0.3 is 13.9 Å². The maximum absolute atomic E-state index is 13.1. The van der Waals surface area contributed by atoms with Gasteiger partial charge in [0.1, 0.15) is 0 Å². The third-order valence-electron chi connectivity index (χ3n) is 6.21. The van der Waals surface area contributed by atoms with Crippen LogP contribution >= 0.6 is 0 Å². The van der Waals surface area contributed by atoms with E-state index in [1.807, 2.05) is 6.07 Å². The highest BCUT2D eigenvalue weighted by atomic mass is 16.7. The van der Waals surface area contributed by atoms with Crippen LogP contribution in [0.4, 0.5) is 0 Å². The largest absolute Gasteiger partial charge is 0.461 e. The predicted octanol–water partition coefficient (Wildman–Crippen LogP) is 5.48. The van der Waals surface area contributed by atoms with Crippen molar-refractivity contribution in [1.29, 1.82) is 0 Å². The van der Waals surface area contributed by atoms with Gasteiger partial charge in [-0.25, -0.2) is 0 Å². The molecule has 1 aromatic heterocycles. The number of fused-ring (bicyclic) bond motifs is 5. The zero-order valence-corrected chi connectivity index (χ0v) is 16.5. The van der Waals surface area contributed by atoms with E-state index in [0.29, 0.717) is 18.6 Å². The smallest absolute Gasteiger partial charge is 0.201 e. The van der Waals surface area contributed by atoms with E-state index in [4.69, 9.17) is 13.9 Å². The highest BCUT2D eigenvalue weighted by Crippen LogP contribution is 2.45. The van der Waals surface area contributed by atoms with Gasteiger partial charge in [0.2, 0.25) is 5.78 Å². The van der Waals surface area contributed by atoms with Gasteiger partial charge in [-0.05, 0) is 45.7 Å². The summed E-state index contributed by atoms with van der Waals surface area (Å²) in [7, 11) is 3.27. The van der Waals surface area contributed by atoms with Crippen molar-refractivity contribution in [3.63, 3.8) is 0 Å². The molecule has 3 aromatic carbocycles.